The molecule has 1 aliphatic rings. The molecule has 4 nitrogen and oxygen atoms in total. The van der Waals surface area contributed by atoms with E-state index < -0.39 is 0 Å². The molecular weight excluding hydrogens is 240 g/mol. The number of nitrogens with zero attached hydrogens (tertiary/aromatic N) is 1. The molecule has 1 aliphatic heterocycles. The Morgan fingerprint density at radius 1 is 1.26 bits per heavy atom. The topological polar surface area (TPSA) is 49.4 Å². The third-order valence-corrected chi connectivity index (χ3v) is 4.89. The fourth-order valence-corrected chi connectivity index (χ4v) is 2.74. The van der Waals surface area contributed by atoms with E-state index in [1.54, 1.807) is 0 Å². The highest BCUT2D eigenvalue weighted by Crippen LogP contribution is 2.30. The molecule has 110 valence electrons. The van der Waals surface area contributed by atoms with Crippen LogP contribution in [0.25, 0.3) is 0 Å². The summed E-state index contributed by atoms with van der Waals surface area (Å²) in [5.74, 6) is 0.218. The summed E-state index contributed by atoms with van der Waals surface area (Å²) in [4.78, 5) is 26.7. The van der Waals surface area contributed by atoms with Gasteiger partial charge in [-0.25, -0.2) is 0 Å². The summed E-state index contributed by atoms with van der Waals surface area (Å²) in [7, 11) is 0. The second kappa shape index (κ2) is 5.93. The van der Waals surface area contributed by atoms with Crippen LogP contribution in [0.1, 0.15) is 60.8 Å². The number of piperazine rings is 1. The number of rotatable bonds is 5. The molecule has 3 unspecified atom stereocenters. The highest BCUT2D eigenvalue weighted by molar-refractivity contribution is 5.97. The molecule has 0 radical (unpaired) electrons. The van der Waals surface area contributed by atoms with Crippen LogP contribution in [0.4, 0.5) is 0 Å². The van der Waals surface area contributed by atoms with Gasteiger partial charge in [-0.3, -0.25) is 9.59 Å². The molecule has 0 aliphatic carbocycles. The maximum absolute atomic E-state index is 12.8. The predicted octanol–water partition coefficient (Wildman–Crippen LogP) is 2.33. The van der Waals surface area contributed by atoms with Crippen LogP contribution >= 0.6 is 0 Å². The number of amides is 2. The summed E-state index contributed by atoms with van der Waals surface area (Å²) in [6.07, 6.45) is 2.61. The van der Waals surface area contributed by atoms with Crippen LogP contribution in [-0.4, -0.2) is 34.3 Å². The molecule has 0 bridgehead atoms. The van der Waals surface area contributed by atoms with Crippen molar-refractivity contribution in [3.05, 3.63) is 0 Å². The molecule has 1 fully saturated rings. The van der Waals surface area contributed by atoms with E-state index in [-0.39, 0.29) is 35.4 Å². The van der Waals surface area contributed by atoms with Crippen molar-refractivity contribution in [3.8, 4) is 0 Å². The van der Waals surface area contributed by atoms with E-state index >= 15 is 0 Å². The third kappa shape index (κ3) is 2.77. The second-order valence-corrected chi connectivity index (χ2v) is 5.96. The SMILES string of the molecule is CCC(C)C1NC(=O)C(C)N(C(C)(CC)CC)C1=O. The van der Waals surface area contributed by atoms with Crippen molar-refractivity contribution in [1.29, 1.82) is 0 Å². The van der Waals surface area contributed by atoms with Gasteiger partial charge < -0.3 is 10.2 Å². The highest BCUT2D eigenvalue weighted by atomic mass is 16.2. The summed E-state index contributed by atoms with van der Waals surface area (Å²) < 4.78 is 0. The fourth-order valence-electron chi connectivity index (χ4n) is 2.74. The number of carbonyl (C=O) groups excluding carboxylic acids is 2. The summed E-state index contributed by atoms with van der Waals surface area (Å²) >= 11 is 0. The van der Waals surface area contributed by atoms with E-state index in [1.165, 1.54) is 0 Å². The monoisotopic (exact) mass is 268 g/mol. The minimum Gasteiger partial charge on any atom is -0.342 e. The van der Waals surface area contributed by atoms with Crippen molar-refractivity contribution < 1.29 is 9.59 Å². The largest absolute Gasteiger partial charge is 0.342 e. The van der Waals surface area contributed by atoms with Crippen molar-refractivity contribution in [2.45, 2.75) is 78.4 Å². The predicted molar refractivity (Wildman–Crippen MR) is 76.7 cm³/mol. The van der Waals surface area contributed by atoms with Gasteiger partial charge in [-0.15, -0.1) is 0 Å². The molecule has 19 heavy (non-hydrogen) atoms. The standard InChI is InChI=1S/C15H28N2O2/c1-7-10(4)12-14(19)17(11(5)13(18)16-12)15(6,8-2)9-3/h10-12H,7-9H2,1-6H3,(H,16,18). The van der Waals surface area contributed by atoms with E-state index in [9.17, 15) is 9.59 Å². The van der Waals surface area contributed by atoms with Gasteiger partial charge >= 0.3 is 0 Å². The zero-order valence-electron chi connectivity index (χ0n) is 13.1. The molecular formula is C15H28N2O2. The van der Waals surface area contributed by atoms with Gasteiger partial charge in [-0.2, -0.15) is 0 Å². The molecule has 1 saturated heterocycles. The number of carbonyl (C=O) groups is 2. The zero-order valence-corrected chi connectivity index (χ0v) is 13.1. The molecule has 1 rings (SSSR count). The summed E-state index contributed by atoms with van der Waals surface area (Å²) in [6.45, 7) is 12.1. The van der Waals surface area contributed by atoms with Crippen LogP contribution in [0.15, 0.2) is 0 Å². The van der Waals surface area contributed by atoms with Crippen LogP contribution in [0.2, 0.25) is 0 Å². The summed E-state index contributed by atoms with van der Waals surface area (Å²) in [5.41, 5.74) is -0.236. The lowest BCUT2D eigenvalue weighted by atomic mass is 9.86. The third-order valence-electron chi connectivity index (χ3n) is 4.89. The van der Waals surface area contributed by atoms with Crippen LogP contribution in [-0.2, 0) is 9.59 Å². The molecule has 1 heterocycles. The minimum atomic E-state index is -0.377. The number of hydrogen-bond acceptors (Lipinski definition) is 2. The molecule has 0 spiro atoms. The average Bonchev–Trinajstić information content (AvgIpc) is 2.41. The van der Waals surface area contributed by atoms with Gasteiger partial charge in [0.2, 0.25) is 11.8 Å². The van der Waals surface area contributed by atoms with Gasteiger partial charge in [0.05, 0.1) is 0 Å². The lowest BCUT2D eigenvalue weighted by Crippen LogP contribution is -2.69. The smallest absolute Gasteiger partial charge is 0.246 e. The molecule has 4 heteroatoms. The Morgan fingerprint density at radius 3 is 2.21 bits per heavy atom. The van der Waals surface area contributed by atoms with Crippen LogP contribution < -0.4 is 5.32 Å². The van der Waals surface area contributed by atoms with Crippen molar-refractivity contribution in [3.63, 3.8) is 0 Å². The van der Waals surface area contributed by atoms with Crippen molar-refractivity contribution in [2.24, 2.45) is 5.92 Å². The Bertz CT molecular complexity index is 350. The van der Waals surface area contributed by atoms with Gasteiger partial charge in [0.1, 0.15) is 12.1 Å². The number of hydrogen-bond donors (Lipinski definition) is 1. The van der Waals surface area contributed by atoms with E-state index in [0.717, 1.165) is 19.3 Å². The van der Waals surface area contributed by atoms with Gasteiger partial charge in [-0.05, 0) is 32.6 Å². The first-order valence-corrected chi connectivity index (χ1v) is 7.45. The molecule has 3 atom stereocenters. The van der Waals surface area contributed by atoms with Gasteiger partial charge in [0.25, 0.3) is 0 Å². The molecule has 1 N–H and O–H groups in total. The van der Waals surface area contributed by atoms with E-state index in [4.69, 9.17) is 0 Å². The Hall–Kier alpha value is -1.06. The Morgan fingerprint density at radius 2 is 1.79 bits per heavy atom. The summed E-state index contributed by atoms with van der Waals surface area (Å²) in [5, 5.41) is 2.89. The molecule has 2 amide bonds. The van der Waals surface area contributed by atoms with Crippen molar-refractivity contribution in [1.82, 2.24) is 10.2 Å². The molecule has 0 aromatic rings. The lowest BCUT2D eigenvalue weighted by Gasteiger charge is -2.49. The van der Waals surface area contributed by atoms with Crippen molar-refractivity contribution >= 4 is 11.8 Å². The van der Waals surface area contributed by atoms with Crippen LogP contribution in [0.3, 0.4) is 0 Å². The summed E-state index contributed by atoms with van der Waals surface area (Å²) in [6, 6.07) is -0.746. The minimum absolute atomic E-state index is 0.0296. The lowest BCUT2D eigenvalue weighted by molar-refractivity contribution is -0.157. The van der Waals surface area contributed by atoms with Gasteiger partial charge in [0, 0.05) is 5.54 Å². The molecule has 0 aromatic carbocycles. The second-order valence-electron chi connectivity index (χ2n) is 5.96. The first-order chi connectivity index (χ1) is 8.82. The van der Waals surface area contributed by atoms with Gasteiger partial charge in [-0.1, -0.05) is 34.1 Å². The van der Waals surface area contributed by atoms with E-state index in [2.05, 4.69) is 26.1 Å². The fraction of sp³-hybridized carbons (Fsp3) is 0.867. The van der Waals surface area contributed by atoms with E-state index in [0.29, 0.717) is 0 Å². The highest BCUT2D eigenvalue weighted by Gasteiger charge is 2.46. The maximum Gasteiger partial charge on any atom is 0.246 e. The first kappa shape index (κ1) is 16.0. The Labute approximate surface area is 116 Å². The normalized spacial score (nSPS) is 26.3. The van der Waals surface area contributed by atoms with Crippen molar-refractivity contribution in [2.75, 3.05) is 0 Å². The first-order valence-electron chi connectivity index (χ1n) is 7.45. The van der Waals surface area contributed by atoms with E-state index in [1.807, 2.05) is 25.7 Å². The number of nitrogens with one attached hydrogen (secondary N) is 1. The molecule has 0 saturated carbocycles. The Balaban J connectivity index is 3.12. The van der Waals surface area contributed by atoms with Crippen LogP contribution in [0, 0.1) is 5.92 Å². The quantitative estimate of drug-likeness (QED) is 0.832. The Kier molecular flexibility index (Phi) is 4.99. The van der Waals surface area contributed by atoms with Gasteiger partial charge in [0.15, 0.2) is 0 Å². The maximum atomic E-state index is 12.8. The zero-order chi connectivity index (χ0) is 14.8. The average molecular weight is 268 g/mol. The molecule has 0 aromatic heterocycles. The van der Waals surface area contributed by atoms with Crippen LogP contribution in [0.5, 0.6) is 0 Å².